The van der Waals surface area contributed by atoms with Gasteiger partial charge in [-0.1, -0.05) is 11.6 Å². The number of carbonyl (C=O) groups is 4. The van der Waals surface area contributed by atoms with Crippen LogP contribution in [-0.2, 0) is 4.74 Å². The summed E-state index contributed by atoms with van der Waals surface area (Å²) in [5.41, 5.74) is 0.847. The van der Waals surface area contributed by atoms with E-state index in [0.717, 1.165) is 4.90 Å². The zero-order valence-electron chi connectivity index (χ0n) is 13.1. The van der Waals surface area contributed by atoms with Gasteiger partial charge < -0.3 is 4.74 Å². The molecule has 2 aromatic carbocycles. The summed E-state index contributed by atoms with van der Waals surface area (Å²) in [5, 5.41) is 0.496. The lowest BCUT2D eigenvalue weighted by molar-refractivity contribution is 0.0474. The van der Waals surface area contributed by atoms with Gasteiger partial charge in [0.15, 0.2) is 12.4 Å². The van der Waals surface area contributed by atoms with E-state index in [2.05, 4.69) is 0 Å². The Morgan fingerprint density at radius 3 is 2.24 bits per heavy atom. The fourth-order valence-electron chi connectivity index (χ4n) is 2.42. The number of ether oxygens (including phenoxy) is 1. The lowest BCUT2D eigenvalue weighted by Crippen LogP contribution is -2.24. The van der Waals surface area contributed by atoms with Crippen molar-refractivity contribution in [2.45, 2.75) is 0 Å². The first kappa shape index (κ1) is 16.9. The highest BCUT2D eigenvalue weighted by Gasteiger charge is 2.33. The molecule has 2 amide bonds. The first-order chi connectivity index (χ1) is 11.9. The van der Waals surface area contributed by atoms with Crippen molar-refractivity contribution < 1.29 is 23.9 Å². The molecule has 1 heterocycles. The summed E-state index contributed by atoms with van der Waals surface area (Å²) < 4.78 is 4.99. The van der Waals surface area contributed by atoms with Gasteiger partial charge in [-0.25, -0.2) is 4.79 Å². The lowest BCUT2D eigenvalue weighted by atomic mass is 10.1. The fraction of sp³-hybridized carbons (Fsp3) is 0.111. The minimum atomic E-state index is -0.750. The van der Waals surface area contributed by atoms with Crippen LogP contribution in [0.1, 0.15) is 41.4 Å². The van der Waals surface area contributed by atoms with Crippen LogP contribution in [0.4, 0.5) is 0 Å². The number of nitrogens with zero attached hydrogens (tertiary/aromatic N) is 1. The Bertz CT molecular complexity index is 904. The van der Waals surface area contributed by atoms with Crippen LogP contribution >= 0.6 is 11.6 Å². The normalized spacial score (nSPS) is 13.0. The zero-order valence-corrected chi connectivity index (χ0v) is 13.9. The molecule has 0 saturated carbocycles. The summed E-state index contributed by atoms with van der Waals surface area (Å²) in [7, 11) is 1.37. The van der Waals surface area contributed by atoms with E-state index < -0.39 is 24.4 Å². The first-order valence-electron chi connectivity index (χ1n) is 7.31. The third-order valence-electron chi connectivity index (χ3n) is 3.83. The molecule has 6 nitrogen and oxygen atoms in total. The number of carbonyl (C=O) groups excluding carboxylic acids is 4. The Morgan fingerprint density at radius 1 is 0.960 bits per heavy atom. The van der Waals surface area contributed by atoms with Crippen LogP contribution in [0.3, 0.4) is 0 Å². The highest BCUT2D eigenvalue weighted by molar-refractivity contribution is 6.30. The van der Waals surface area contributed by atoms with Crippen molar-refractivity contribution in [3.8, 4) is 0 Å². The second-order valence-electron chi connectivity index (χ2n) is 5.44. The number of rotatable bonds is 4. The number of ketones is 1. The van der Waals surface area contributed by atoms with E-state index in [9.17, 15) is 19.2 Å². The van der Waals surface area contributed by atoms with Crippen LogP contribution in [0, 0.1) is 0 Å². The molecule has 25 heavy (non-hydrogen) atoms. The van der Waals surface area contributed by atoms with E-state index in [4.69, 9.17) is 16.3 Å². The minimum absolute atomic E-state index is 0.0964. The predicted molar refractivity (Wildman–Crippen MR) is 88.9 cm³/mol. The molecule has 1 aliphatic rings. The first-order valence-corrected chi connectivity index (χ1v) is 7.68. The molecule has 0 bridgehead atoms. The molecule has 0 spiro atoms. The topological polar surface area (TPSA) is 80.8 Å². The molecular weight excluding hydrogens is 346 g/mol. The molecule has 3 rings (SSSR count). The fourth-order valence-corrected chi connectivity index (χ4v) is 2.55. The van der Waals surface area contributed by atoms with Crippen molar-refractivity contribution in [2.24, 2.45) is 0 Å². The molecule has 0 atom stereocenters. The number of amides is 2. The van der Waals surface area contributed by atoms with Crippen LogP contribution in [-0.4, -0.2) is 42.1 Å². The van der Waals surface area contributed by atoms with E-state index in [-0.39, 0.29) is 22.5 Å². The average Bonchev–Trinajstić information content (AvgIpc) is 2.84. The van der Waals surface area contributed by atoms with Crippen LogP contribution in [0.5, 0.6) is 0 Å². The summed E-state index contributed by atoms with van der Waals surface area (Å²) in [6.07, 6.45) is 0. The van der Waals surface area contributed by atoms with Gasteiger partial charge in [0.1, 0.15) is 0 Å². The summed E-state index contributed by atoms with van der Waals surface area (Å²) in [6.45, 7) is -0.440. The van der Waals surface area contributed by atoms with E-state index in [1.165, 1.54) is 37.4 Å². The van der Waals surface area contributed by atoms with Gasteiger partial charge >= 0.3 is 5.97 Å². The zero-order chi connectivity index (χ0) is 18.1. The molecule has 0 aliphatic carbocycles. The molecule has 2 aromatic rings. The Morgan fingerprint density at radius 2 is 1.56 bits per heavy atom. The third kappa shape index (κ3) is 3.16. The van der Waals surface area contributed by atoms with Crippen molar-refractivity contribution in [1.82, 2.24) is 4.90 Å². The van der Waals surface area contributed by atoms with E-state index >= 15 is 0 Å². The maximum absolute atomic E-state index is 12.1. The Balaban J connectivity index is 1.70. The van der Waals surface area contributed by atoms with Gasteiger partial charge in [0.2, 0.25) is 0 Å². The number of benzene rings is 2. The van der Waals surface area contributed by atoms with Crippen molar-refractivity contribution in [3.05, 3.63) is 69.7 Å². The number of hydrogen-bond acceptors (Lipinski definition) is 5. The summed E-state index contributed by atoms with van der Waals surface area (Å²) in [4.78, 5) is 48.8. The number of hydrogen-bond donors (Lipinski definition) is 0. The van der Waals surface area contributed by atoms with Crippen molar-refractivity contribution in [2.75, 3.05) is 13.7 Å². The van der Waals surface area contributed by atoms with Gasteiger partial charge in [-0.2, -0.15) is 0 Å². The van der Waals surface area contributed by atoms with Gasteiger partial charge in [-0.15, -0.1) is 0 Å². The summed E-state index contributed by atoms with van der Waals surface area (Å²) in [5.74, 6) is -2.03. The number of Topliss-reactive ketones (excluding diaryl/α,β-unsaturated/α-hetero) is 1. The molecular formula is C18H12ClNO5. The quantitative estimate of drug-likeness (QED) is 0.477. The van der Waals surface area contributed by atoms with E-state index in [1.54, 1.807) is 12.1 Å². The highest BCUT2D eigenvalue weighted by atomic mass is 35.5. The lowest BCUT2D eigenvalue weighted by Gasteiger charge is -2.05. The molecule has 0 fully saturated rings. The Labute approximate surface area is 147 Å². The molecule has 0 unspecified atom stereocenters. The third-order valence-corrected chi connectivity index (χ3v) is 4.08. The predicted octanol–water partition coefficient (Wildman–Crippen LogP) is 2.61. The summed E-state index contributed by atoms with van der Waals surface area (Å²) >= 11 is 5.75. The highest BCUT2D eigenvalue weighted by Crippen LogP contribution is 2.23. The number of imide groups is 1. The number of fused-ring (bicyclic) bond motifs is 1. The maximum Gasteiger partial charge on any atom is 0.338 e. The van der Waals surface area contributed by atoms with Crippen LogP contribution in [0.2, 0.25) is 5.02 Å². The van der Waals surface area contributed by atoms with Gasteiger partial charge in [-0.05, 0) is 42.5 Å². The van der Waals surface area contributed by atoms with Crippen molar-refractivity contribution >= 4 is 35.2 Å². The molecule has 0 N–H and O–H groups in total. The monoisotopic (exact) mass is 357 g/mol. The second-order valence-corrected chi connectivity index (χ2v) is 5.87. The molecule has 1 aliphatic heterocycles. The van der Waals surface area contributed by atoms with Gasteiger partial charge in [0.05, 0.1) is 16.7 Å². The molecule has 0 saturated heterocycles. The largest absolute Gasteiger partial charge is 0.454 e. The SMILES string of the molecule is CN1C(=O)c2ccc(C(=O)OCC(=O)c3ccc(Cl)cc3)cc2C1=O. The van der Waals surface area contributed by atoms with Crippen molar-refractivity contribution in [1.29, 1.82) is 0 Å². The van der Waals surface area contributed by atoms with E-state index in [0.29, 0.717) is 10.6 Å². The minimum Gasteiger partial charge on any atom is -0.454 e. The van der Waals surface area contributed by atoms with Gasteiger partial charge in [0, 0.05) is 17.6 Å². The standard InChI is InChI=1S/C18H12ClNO5/c1-20-16(22)13-7-4-11(8-14(13)17(20)23)18(24)25-9-15(21)10-2-5-12(19)6-3-10/h2-8H,9H2,1H3. The van der Waals surface area contributed by atoms with Crippen LogP contribution in [0.25, 0.3) is 0 Å². The Kier molecular flexibility index (Phi) is 4.37. The molecule has 7 heteroatoms. The summed E-state index contributed by atoms with van der Waals surface area (Å²) in [6, 6.07) is 10.3. The molecule has 0 radical (unpaired) electrons. The van der Waals surface area contributed by atoms with Crippen LogP contribution in [0.15, 0.2) is 42.5 Å². The average molecular weight is 358 g/mol. The Hall–Kier alpha value is -2.99. The number of halogens is 1. The smallest absolute Gasteiger partial charge is 0.338 e. The van der Waals surface area contributed by atoms with Crippen molar-refractivity contribution in [3.63, 3.8) is 0 Å². The van der Waals surface area contributed by atoms with Crippen LogP contribution < -0.4 is 0 Å². The molecule has 126 valence electrons. The van der Waals surface area contributed by atoms with Gasteiger partial charge in [-0.3, -0.25) is 19.3 Å². The molecule has 0 aromatic heterocycles. The van der Waals surface area contributed by atoms with Gasteiger partial charge in [0.25, 0.3) is 11.8 Å². The number of esters is 1. The van der Waals surface area contributed by atoms with E-state index in [1.807, 2.05) is 0 Å². The second kappa shape index (κ2) is 6.49. The maximum atomic E-state index is 12.1.